The summed E-state index contributed by atoms with van der Waals surface area (Å²) >= 11 is 0. The number of benzene rings is 1. The van der Waals surface area contributed by atoms with Crippen molar-refractivity contribution in [3.05, 3.63) is 54.1 Å². The Balaban J connectivity index is 1.81. The molecular weight excluding hydrogens is 865 g/mol. The molecule has 67 heavy (non-hydrogen) atoms. The number of nitrogens with one attached hydrogen (secondary N) is 6. The first kappa shape index (κ1) is 53.3. The molecule has 1 unspecified atom stereocenters. The number of carbonyl (C=O) groups excluding carboxylic acids is 9. The van der Waals surface area contributed by atoms with Crippen LogP contribution >= 0.6 is 0 Å². The molecule has 0 spiro atoms. The van der Waals surface area contributed by atoms with Gasteiger partial charge in [0.25, 0.3) is 0 Å². The number of hydrogen-bond donors (Lipinski definition) is 8. The number of esters is 1. The normalized spacial score (nSPS) is 26.0. The molecule has 9 N–H and O–H groups in total. The lowest BCUT2D eigenvalue weighted by molar-refractivity contribution is -0.157. The second-order valence-corrected chi connectivity index (χ2v) is 19.0. The van der Waals surface area contributed by atoms with Gasteiger partial charge in [-0.25, -0.2) is 4.79 Å². The highest BCUT2D eigenvalue weighted by atomic mass is 16.5. The van der Waals surface area contributed by atoms with E-state index in [-0.39, 0.29) is 75.0 Å². The summed E-state index contributed by atoms with van der Waals surface area (Å²) in [5, 5.41) is 26.3. The second-order valence-electron chi connectivity index (χ2n) is 19.0. The number of nitrogens with zero attached hydrogens (tertiary/aromatic N) is 1. The molecule has 2 aliphatic heterocycles. The average Bonchev–Trinajstić information content (AvgIpc) is 3.75. The predicted octanol–water partition coefficient (Wildman–Crippen LogP) is 1.32. The quantitative estimate of drug-likeness (QED) is 0.116. The first-order valence-electron chi connectivity index (χ1n) is 23.3. The lowest BCUT2D eigenvalue weighted by Crippen LogP contribution is -2.61. The fourth-order valence-electron chi connectivity index (χ4n) is 8.32. The number of fused-ring (bicyclic) bond motifs is 1. The third-order valence-corrected chi connectivity index (χ3v) is 11.9. The van der Waals surface area contributed by atoms with Gasteiger partial charge in [0, 0.05) is 25.8 Å². The largest absolute Gasteiger partial charge is 0.508 e. The predicted molar refractivity (Wildman–Crippen MR) is 247 cm³/mol. The van der Waals surface area contributed by atoms with Crippen molar-refractivity contribution in [3.63, 3.8) is 0 Å². The van der Waals surface area contributed by atoms with Crippen LogP contribution in [0.25, 0.3) is 0 Å². The van der Waals surface area contributed by atoms with Crippen molar-refractivity contribution in [2.75, 3.05) is 6.54 Å². The third kappa shape index (κ3) is 16.2. The van der Waals surface area contributed by atoms with Crippen molar-refractivity contribution in [2.45, 2.75) is 155 Å². The number of primary amides is 1. The van der Waals surface area contributed by atoms with Gasteiger partial charge in [-0.3, -0.25) is 38.4 Å². The lowest BCUT2D eigenvalue weighted by Gasteiger charge is -2.32. The fraction of sp³-hybridized carbons (Fsp3) is 0.604. The molecule has 0 radical (unpaired) electrons. The van der Waals surface area contributed by atoms with Crippen molar-refractivity contribution >= 4 is 53.2 Å². The van der Waals surface area contributed by atoms with E-state index in [9.17, 15) is 48.3 Å². The number of aromatic hydroxyl groups is 1. The van der Waals surface area contributed by atoms with E-state index in [4.69, 9.17) is 10.5 Å². The van der Waals surface area contributed by atoms with Crippen LogP contribution in [0.5, 0.6) is 5.75 Å². The average molecular weight is 935 g/mol. The maximum absolute atomic E-state index is 14.6. The van der Waals surface area contributed by atoms with Gasteiger partial charge in [-0.05, 0) is 86.8 Å². The molecule has 1 aliphatic carbocycles. The second kappa shape index (κ2) is 25.0. The molecular formula is C48H70N8O11. The van der Waals surface area contributed by atoms with E-state index in [1.807, 2.05) is 38.2 Å². The first-order valence-corrected chi connectivity index (χ1v) is 23.3. The highest BCUT2D eigenvalue weighted by Gasteiger charge is 2.42. The number of hydrogen-bond acceptors (Lipinski definition) is 11. The van der Waals surface area contributed by atoms with Crippen LogP contribution in [0.2, 0.25) is 0 Å². The molecule has 3 aliphatic rings. The van der Waals surface area contributed by atoms with Gasteiger partial charge in [0.15, 0.2) is 0 Å². The van der Waals surface area contributed by atoms with Crippen molar-refractivity contribution in [1.29, 1.82) is 0 Å². The Bertz CT molecular complexity index is 2020. The molecule has 2 heterocycles. The maximum Gasteiger partial charge on any atom is 0.329 e. The Labute approximate surface area is 392 Å². The van der Waals surface area contributed by atoms with Crippen LogP contribution in [0, 0.1) is 23.7 Å². The van der Waals surface area contributed by atoms with Crippen molar-refractivity contribution in [3.8, 4) is 5.75 Å². The maximum atomic E-state index is 14.6. The minimum Gasteiger partial charge on any atom is -0.508 e. The zero-order valence-corrected chi connectivity index (χ0v) is 39.7. The summed E-state index contributed by atoms with van der Waals surface area (Å²) in [5.41, 5.74) is 5.95. The van der Waals surface area contributed by atoms with Gasteiger partial charge in [0.2, 0.25) is 47.3 Å². The topological polar surface area (TPSA) is 285 Å². The van der Waals surface area contributed by atoms with Crippen LogP contribution in [0.1, 0.15) is 105 Å². The molecule has 1 aromatic rings. The van der Waals surface area contributed by atoms with E-state index in [2.05, 4.69) is 31.9 Å². The van der Waals surface area contributed by atoms with E-state index in [0.717, 1.165) is 0 Å². The number of rotatable bonds is 15. The number of phenols is 1. The first-order chi connectivity index (χ1) is 31.6. The van der Waals surface area contributed by atoms with E-state index < -0.39 is 108 Å². The molecule has 19 nitrogen and oxygen atoms in total. The summed E-state index contributed by atoms with van der Waals surface area (Å²) in [5.74, 6) is -7.80. The van der Waals surface area contributed by atoms with Gasteiger partial charge in [-0.15, -0.1) is 0 Å². The third-order valence-electron chi connectivity index (χ3n) is 11.9. The highest BCUT2D eigenvalue weighted by molar-refractivity contribution is 5.98. The highest BCUT2D eigenvalue weighted by Crippen LogP contribution is 2.24. The van der Waals surface area contributed by atoms with Gasteiger partial charge < -0.3 is 52.4 Å². The monoisotopic (exact) mass is 935 g/mol. The Morgan fingerprint density at radius 3 is 2.12 bits per heavy atom. The molecule has 19 heteroatoms. The van der Waals surface area contributed by atoms with Crippen LogP contribution < -0.4 is 37.6 Å². The summed E-state index contributed by atoms with van der Waals surface area (Å²) in [4.78, 5) is 127. The standard InChI is InChI=1S/C48H70N8O11/c1-26(2)22-36-47(65)56-21-11-14-37(56)45(63)52-34(24-30-12-9-8-10-13-30)43(61)51-35(25-31-15-17-32(57)18-16-31)44(62)54-40(28(5)6)48(66)67-29(7)41(46(64)53-36)55-42(60)33(19-20-38(49)58)50-39(59)23-27(3)4/h8-10,12,15-18,26-30,33-37,40-41,57H,11,13-14,19-25H2,1-7H3,(H2,49,58)(H,50,59)(H,51,61)(H,52,63)(H,53,64)(H,54,62)(H,55,60)/t29-,30?,33+,34+,35+,36+,37-,40+,41+/m1/s1. The van der Waals surface area contributed by atoms with Gasteiger partial charge in [0.1, 0.15) is 54.1 Å². The number of amides is 8. The van der Waals surface area contributed by atoms with Crippen molar-refractivity contribution in [2.24, 2.45) is 29.4 Å². The summed E-state index contributed by atoms with van der Waals surface area (Å²) in [6.07, 6.45) is 7.05. The molecule has 0 saturated carbocycles. The Hall–Kier alpha value is -6.27. The molecule has 0 aromatic heterocycles. The zero-order chi connectivity index (χ0) is 49.5. The van der Waals surface area contributed by atoms with Gasteiger partial charge in [-0.2, -0.15) is 0 Å². The Kier molecular flexibility index (Phi) is 19.9. The summed E-state index contributed by atoms with van der Waals surface area (Å²) in [6.45, 7) is 12.1. The number of nitrogens with two attached hydrogens (primary N) is 1. The molecule has 2 saturated heterocycles. The SMILES string of the molecule is CC(C)CC(=O)N[C@@H](CCC(N)=O)C(=O)N[C@@H]1C(=O)N[C@@H](CC(C)C)C(=O)N2CCC[C@@H]2C(=O)N[C@@H](CC2C=CC=CC2)C(=O)N[C@@H](Cc2ccc(O)cc2)C(=O)N[C@@H](C(C)C)C(=O)O[C@@H]1C. The molecule has 2 fully saturated rings. The minimum absolute atomic E-state index is 0.0259. The van der Waals surface area contributed by atoms with Crippen molar-refractivity contribution < 1.29 is 53.0 Å². The molecule has 368 valence electrons. The van der Waals surface area contributed by atoms with Crippen LogP contribution in [0.4, 0.5) is 0 Å². The van der Waals surface area contributed by atoms with Crippen LogP contribution in [0.15, 0.2) is 48.6 Å². The smallest absolute Gasteiger partial charge is 0.329 e. The van der Waals surface area contributed by atoms with E-state index in [1.165, 1.54) is 24.0 Å². The summed E-state index contributed by atoms with van der Waals surface area (Å²) < 4.78 is 5.88. The number of cyclic esters (lactones) is 1. The number of ether oxygens (including phenoxy) is 1. The number of carbonyl (C=O) groups is 9. The van der Waals surface area contributed by atoms with E-state index in [1.54, 1.807) is 39.8 Å². The van der Waals surface area contributed by atoms with Crippen molar-refractivity contribution in [1.82, 2.24) is 36.8 Å². The molecule has 4 rings (SSSR count). The molecule has 9 atom stereocenters. The summed E-state index contributed by atoms with van der Waals surface area (Å²) in [7, 11) is 0. The van der Waals surface area contributed by atoms with Gasteiger partial charge >= 0.3 is 5.97 Å². The van der Waals surface area contributed by atoms with Crippen LogP contribution in [0.3, 0.4) is 0 Å². The van der Waals surface area contributed by atoms with E-state index >= 15 is 0 Å². The lowest BCUT2D eigenvalue weighted by atomic mass is 9.92. The van der Waals surface area contributed by atoms with Crippen LogP contribution in [-0.2, 0) is 54.3 Å². The fourth-order valence-corrected chi connectivity index (χ4v) is 8.32. The van der Waals surface area contributed by atoms with Gasteiger partial charge in [-0.1, -0.05) is 78.0 Å². The number of phenolic OH excluding ortho intramolecular Hbond substituents is 1. The molecule has 8 amide bonds. The Morgan fingerprint density at radius 2 is 1.51 bits per heavy atom. The molecule has 0 bridgehead atoms. The summed E-state index contributed by atoms with van der Waals surface area (Å²) in [6, 6.07) is -3.19. The van der Waals surface area contributed by atoms with Crippen LogP contribution in [-0.4, -0.2) is 118 Å². The Morgan fingerprint density at radius 1 is 0.851 bits per heavy atom. The number of allylic oxidation sites excluding steroid dienone is 4. The zero-order valence-electron chi connectivity index (χ0n) is 39.7. The van der Waals surface area contributed by atoms with Gasteiger partial charge in [0.05, 0.1) is 0 Å². The minimum atomic E-state index is -1.70. The molecule has 1 aromatic carbocycles. The van der Waals surface area contributed by atoms with E-state index in [0.29, 0.717) is 18.4 Å².